The summed E-state index contributed by atoms with van der Waals surface area (Å²) in [7, 11) is 0. The van der Waals surface area contributed by atoms with Gasteiger partial charge >= 0.3 is 0 Å². The van der Waals surface area contributed by atoms with Gasteiger partial charge in [0.1, 0.15) is 0 Å². The molecule has 0 saturated carbocycles. The van der Waals surface area contributed by atoms with Crippen molar-refractivity contribution in [3.8, 4) is 0 Å². The molecule has 0 aliphatic heterocycles. The van der Waals surface area contributed by atoms with E-state index in [4.69, 9.17) is 5.11 Å². The second-order valence-corrected chi connectivity index (χ2v) is 6.02. The molecule has 0 rings (SSSR count). The summed E-state index contributed by atoms with van der Waals surface area (Å²) in [6, 6.07) is 0.919. The van der Waals surface area contributed by atoms with Gasteiger partial charge in [-0.25, -0.2) is 0 Å². The minimum atomic E-state index is 0.264. The van der Waals surface area contributed by atoms with Crippen molar-refractivity contribution in [2.45, 2.75) is 46.7 Å². The third kappa shape index (κ3) is 8.12. The van der Waals surface area contributed by atoms with Crippen molar-refractivity contribution < 1.29 is 5.11 Å². The quantitative estimate of drug-likeness (QED) is 0.675. The predicted octanol–water partition coefficient (Wildman–Crippen LogP) is 2.37. The lowest BCUT2D eigenvalue weighted by atomic mass is 10.0. The Kier molecular flexibility index (Phi) is 8.58. The summed E-state index contributed by atoms with van der Waals surface area (Å²) in [5, 5.41) is 12.5. The Balaban J connectivity index is 3.59. The lowest BCUT2D eigenvalue weighted by Crippen LogP contribution is -2.41. The molecule has 3 unspecified atom stereocenters. The van der Waals surface area contributed by atoms with E-state index in [0.29, 0.717) is 18.0 Å². The van der Waals surface area contributed by atoms with Gasteiger partial charge in [-0.1, -0.05) is 20.8 Å². The Bertz CT molecular complexity index is 153. The van der Waals surface area contributed by atoms with Crippen molar-refractivity contribution in [1.29, 1.82) is 0 Å². The molecule has 3 atom stereocenters. The van der Waals surface area contributed by atoms with Crippen molar-refractivity contribution in [3.05, 3.63) is 0 Å². The molecule has 0 aliphatic carbocycles. The number of nitrogens with one attached hydrogen (secondary N) is 1. The molecule has 0 bridgehead atoms. The lowest BCUT2D eigenvalue weighted by molar-refractivity contribution is 0.204. The first-order valence-electron chi connectivity index (χ1n) is 5.92. The van der Waals surface area contributed by atoms with Crippen LogP contribution in [0.1, 0.15) is 34.6 Å². The lowest BCUT2D eigenvalue weighted by Gasteiger charge is -2.24. The molecule has 0 spiro atoms. The van der Waals surface area contributed by atoms with Gasteiger partial charge in [-0.05, 0) is 31.4 Å². The highest BCUT2D eigenvalue weighted by Crippen LogP contribution is 2.10. The van der Waals surface area contributed by atoms with Crippen molar-refractivity contribution in [3.63, 3.8) is 0 Å². The Labute approximate surface area is 99.2 Å². The first kappa shape index (κ1) is 15.3. The van der Waals surface area contributed by atoms with Gasteiger partial charge in [0.15, 0.2) is 0 Å². The highest BCUT2D eigenvalue weighted by molar-refractivity contribution is 7.99. The smallest absolute Gasteiger partial charge is 0.0471 e. The van der Waals surface area contributed by atoms with Crippen LogP contribution >= 0.6 is 11.8 Å². The van der Waals surface area contributed by atoms with Gasteiger partial charge in [0.05, 0.1) is 0 Å². The Hall–Kier alpha value is 0.270. The third-order valence-corrected chi connectivity index (χ3v) is 4.15. The highest BCUT2D eigenvalue weighted by atomic mass is 32.2. The Morgan fingerprint density at radius 2 is 1.67 bits per heavy atom. The van der Waals surface area contributed by atoms with E-state index in [9.17, 15) is 0 Å². The van der Waals surface area contributed by atoms with Gasteiger partial charge in [-0.15, -0.1) is 0 Å². The minimum absolute atomic E-state index is 0.264. The van der Waals surface area contributed by atoms with Crippen LogP contribution in [0.2, 0.25) is 0 Å². The molecule has 0 amide bonds. The number of rotatable bonds is 8. The number of hydrogen-bond donors (Lipinski definition) is 2. The molecule has 0 saturated heterocycles. The molecule has 0 aliphatic rings. The van der Waals surface area contributed by atoms with E-state index in [-0.39, 0.29) is 6.61 Å². The van der Waals surface area contributed by atoms with Gasteiger partial charge in [-0.3, -0.25) is 0 Å². The average Bonchev–Trinajstić information content (AvgIpc) is 2.15. The van der Waals surface area contributed by atoms with Crippen LogP contribution in [0.3, 0.4) is 0 Å². The second kappa shape index (κ2) is 8.43. The minimum Gasteiger partial charge on any atom is -0.396 e. The maximum atomic E-state index is 9.02. The zero-order valence-electron chi connectivity index (χ0n) is 10.8. The maximum absolute atomic E-state index is 9.02. The summed E-state index contributed by atoms with van der Waals surface area (Å²) in [5.41, 5.74) is 0. The van der Waals surface area contributed by atoms with E-state index >= 15 is 0 Å². The Morgan fingerprint density at radius 1 is 1.07 bits per heavy atom. The van der Waals surface area contributed by atoms with E-state index in [1.54, 1.807) is 0 Å². The van der Waals surface area contributed by atoms with Crippen LogP contribution in [0.5, 0.6) is 0 Å². The van der Waals surface area contributed by atoms with Gasteiger partial charge in [0, 0.05) is 24.4 Å². The number of aliphatic hydroxyl groups is 1. The molecule has 0 aromatic heterocycles. The van der Waals surface area contributed by atoms with E-state index in [0.717, 1.165) is 11.7 Å². The summed E-state index contributed by atoms with van der Waals surface area (Å²) in [6.07, 6.45) is 0. The van der Waals surface area contributed by atoms with Crippen LogP contribution in [-0.2, 0) is 0 Å². The third-order valence-electron chi connectivity index (χ3n) is 2.51. The van der Waals surface area contributed by atoms with E-state index < -0.39 is 0 Å². The van der Waals surface area contributed by atoms with E-state index in [1.807, 2.05) is 11.8 Å². The van der Waals surface area contributed by atoms with Crippen LogP contribution in [0.4, 0.5) is 0 Å². The SMILES string of the molecule is CC(C)CSCC(C)NC(C)C(C)CO. The molecule has 0 heterocycles. The summed E-state index contributed by atoms with van der Waals surface area (Å²) in [5.74, 6) is 3.50. The number of aliphatic hydroxyl groups excluding tert-OH is 1. The first-order valence-corrected chi connectivity index (χ1v) is 7.07. The molecule has 3 heteroatoms. The van der Waals surface area contributed by atoms with Gasteiger partial charge in [0.2, 0.25) is 0 Å². The molecule has 0 aromatic carbocycles. The molecule has 15 heavy (non-hydrogen) atoms. The molecule has 2 N–H and O–H groups in total. The van der Waals surface area contributed by atoms with Gasteiger partial charge < -0.3 is 10.4 Å². The van der Waals surface area contributed by atoms with Gasteiger partial charge in [0.25, 0.3) is 0 Å². The van der Waals surface area contributed by atoms with Crippen LogP contribution in [0.15, 0.2) is 0 Å². The van der Waals surface area contributed by atoms with Crippen LogP contribution in [0, 0.1) is 11.8 Å². The first-order chi connectivity index (χ1) is 6.97. The molecule has 92 valence electrons. The van der Waals surface area contributed by atoms with Crippen molar-refractivity contribution in [1.82, 2.24) is 5.32 Å². The largest absolute Gasteiger partial charge is 0.396 e. The van der Waals surface area contributed by atoms with Crippen molar-refractivity contribution in [2.75, 3.05) is 18.1 Å². The normalized spacial score (nSPS) is 17.8. The second-order valence-electron chi connectivity index (χ2n) is 4.95. The zero-order chi connectivity index (χ0) is 11.8. The standard InChI is InChI=1S/C12H27NOS/c1-9(2)7-15-8-11(4)13-12(5)10(3)6-14/h9-14H,6-8H2,1-5H3. The fraction of sp³-hybridized carbons (Fsp3) is 1.00. The van der Waals surface area contributed by atoms with Crippen LogP contribution in [-0.4, -0.2) is 35.3 Å². The zero-order valence-corrected chi connectivity index (χ0v) is 11.6. The van der Waals surface area contributed by atoms with Gasteiger partial charge in [-0.2, -0.15) is 11.8 Å². The molecular formula is C12H27NOS. The monoisotopic (exact) mass is 233 g/mol. The number of hydrogen-bond acceptors (Lipinski definition) is 3. The van der Waals surface area contributed by atoms with Crippen molar-refractivity contribution >= 4 is 11.8 Å². The maximum Gasteiger partial charge on any atom is 0.0471 e. The Morgan fingerprint density at radius 3 is 2.13 bits per heavy atom. The fourth-order valence-electron chi connectivity index (χ4n) is 1.30. The summed E-state index contributed by atoms with van der Waals surface area (Å²) in [6.45, 7) is 11.2. The summed E-state index contributed by atoms with van der Waals surface area (Å²) < 4.78 is 0. The highest BCUT2D eigenvalue weighted by Gasteiger charge is 2.13. The molecule has 0 aromatic rings. The predicted molar refractivity (Wildman–Crippen MR) is 70.5 cm³/mol. The summed E-state index contributed by atoms with van der Waals surface area (Å²) in [4.78, 5) is 0. The van der Waals surface area contributed by atoms with E-state index in [1.165, 1.54) is 5.75 Å². The van der Waals surface area contributed by atoms with Crippen molar-refractivity contribution in [2.24, 2.45) is 11.8 Å². The number of thioether (sulfide) groups is 1. The van der Waals surface area contributed by atoms with E-state index in [2.05, 4.69) is 39.9 Å². The molecular weight excluding hydrogens is 206 g/mol. The molecule has 0 radical (unpaired) electrons. The fourth-order valence-corrected chi connectivity index (χ4v) is 2.36. The molecule has 2 nitrogen and oxygen atoms in total. The molecule has 0 fully saturated rings. The van der Waals surface area contributed by atoms with Crippen LogP contribution in [0.25, 0.3) is 0 Å². The topological polar surface area (TPSA) is 32.3 Å². The van der Waals surface area contributed by atoms with Crippen LogP contribution < -0.4 is 5.32 Å². The summed E-state index contributed by atoms with van der Waals surface area (Å²) >= 11 is 2.01. The average molecular weight is 233 g/mol.